The molecule has 270 valence electrons. The van der Waals surface area contributed by atoms with E-state index in [0.717, 1.165) is 12.8 Å². The monoisotopic (exact) mass is 780 g/mol. The van der Waals surface area contributed by atoms with Crippen LogP contribution >= 0.6 is 0 Å². The summed E-state index contributed by atoms with van der Waals surface area (Å²) in [7, 11) is 0. The van der Waals surface area contributed by atoms with Gasteiger partial charge in [0.05, 0.1) is 0 Å². The molecule has 0 atom stereocenters. The summed E-state index contributed by atoms with van der Waals surface area (Å²) in [6.45, 7) is 18.7. The third kappa shape index (κ3) is 5.69. The zero-order valence-corrected chi connectivity index (χ0v) is 35.9. The van der Waals surface area contributed by atoms with Crippen molar-refractivity contribution in [2.24, 2.45) is 0 Å². The molecule has 0 aromatic heterocycles. The zero-order valence-electron chi connectivity index (χ0n) is 33.5. The van der Waals surface area contributed by atoms with E-state index in [0.29, 0.717) is 0 Å². The molecule has 0 fully saturated rings. The van der Waals surface area contributed by atoms with E-state index in [-0.39, 0.29) is 10.8 Å². The van der Waals surface area contributed by atoms with Crippen molar-refractivity contribution in [3.8, 4) is 33.4 Å². The van der Waals surface area contributed by atoms with Gasteiger partial charge < -0.3 is 0 Å². The number of benzene rings is 6. The topological polar surface area (TPSA) is 0 Å². The van der Waals surface area contributed by atoms with Crippen LogP contribution in [0, 0.1) is 13.8 Å². The van der Waals surface area contributed by atoms with Crippen molar-refractivity contribution in [1.82, 2.24) is 0 Å². The average molecular weight is 782 g/mol. The van der Waals surface area contributed by atoms with Crippen LogP contribution in [0.15, 0.2) is 149 Å². The number of hydrogen-bond donors (Lipinski definition) is 0. The second-order valence-corrected chi connectivity index (χ2v) is 31.0. The molecule has 0 bridgehead atoms. The average Bonchev–Trinajstić information content (AvgIpc) is 3.83. The van der Waals surface area contributed by atoms with Crippen molar-refractivity contribution in [3.63, 3.8) is 0 Å². The third-order valence-electron chi connectivity index (χ3n) is 12.5. The van der Waals surface area contributed by atoms with Crippen molar-refractivity contribution in [1.29, 1.82) is 0 Å². The number of fused-ring (bicyclic) bond motifs is 3. The first kappa shape index (κ1) is 36.5. The van der Waals surface area contributed by atoms with Gasteiger partial charge in [-0.25, -0.2) is 0 Å². The molecule has 0 spiro atoms. The second-order valence-electron chi connectivity index (χ2n) is 18.2. The molecule has 0 aliphatic heterocycles. The van der Waals surface area contributed by atoms with Crippen LogP contribution in [0.1, 0.15) is 81.3 Å². The first-order chi connectivity index (χ1) is 25.7. The van der Waals surface area contributed by atoms with Gasteiger partial charge in [0, 0.05) is 0 Å². The van der Waals surface area contributed by atoms with E-state index in [4.69, 9.17) is 4.21 Å². The van der Waals surface area contributed by atoms with Crippen LogP contribution in [0.25, 0.3) is 33.4 Å². The summed E-state index contributed by atoms with van der Waals surface area (Å²) >= 11 is -5.13. The van der Waals surface area contributed by atoms with Crippen LogP contribution in [0.4, 0.5) is 0 Å². The molecule has 6 aromatic carbocycles. The van der Waals surface area contributed by atoms with Crippen LogP contribution in [-0.4, -0.2) is 4.21 Å². The molecular formula is C53H54Zr. The molecular weight excluding hydrogens is 728 g/mol. The Morgan fingerprint density at radius 2 is 1.07 bits per heavy atom. The Bertz CT molecular complexity index is 2480. The van der Waals surface area contributed by atoms with E-state index in [1.165, 1.54) is 79.9 Å². The van der Waals surface area contributed by atoms with Gasteiger partial charge in [-0.05, 0) is 0 Å². The van der Waals surface area contributed by atoms with Crippen LogP contribution in [0.3, 0.4) is 0 Å². The Hall–Kier alpha value is -4.45. The fourth-order valence-electron chi connectivity index (χ4n) is 9.65. The first-order valence-electron chi connectivity index (χ1n) is 19.7. The van der Waals surface area contributed by atoms with E-state index >= 15 is 0 Å². The van der Waals surface area contributed by atoms with E-state index in [1.54, 1.807) is 0 Å². The summed E-state index contributed by atoms with van der Waals surface area (Å²) in [6.07, 6.45) is 8.91. The molecule has 0 heterocycles. The summed E-state index contributed by atoms with van der Waals surface area (Å²) in [5.74, 6) is 0. The van der Waals surface area contributed by atoms with Crippen LogP contribution in [0.2, 0.25) is 0 Å². The predicted octanol–water partition coefficient (Wildman–Crippen LogP) is 12.0. The molecule has 0 saturated carbocycles. The molecule has 2 aliphatic rings. The molecule has 0 N–H and O–H groups in total. The Labute approximate surface area is 325 Å². The Kier molecular flexibility index (Phi) is 8.86. The van der Waals surface area contributed by atoms with Crippen LogP contribution in [-0.2, 0) is 35.5 Å². The molecule has 6 aromatic rings. The molecule has 0 amide bonds. The maximum absolute atomic E-state index is 5.93. The number of aryl methyl sites for hydroxylation is 2. The minimum absolute atomic E-state index is 0.0384. The number of allylic oxidation sites excluding steroid dienone is 4. The van der Waals surface area contributed by atoms with Gasteiger partial charge in [-0.3, -0.25) is 0 Å². The van der Waals surface area contributed by atoms with Crippen molar-refractivity contribution in [2.45, 2.75) is 79.1 Å². The van der Waals surface area contributed by atoms with Gasteiger partial charge in [-0.1, -0.05) is 0 Å². The maximum atomic E-state index is 5.93. The summed E-state index contributed by atoms with van der Waals surface area (Å²) in [6, 6.07) is 49.1. The summed E-state index contributed by atoms with van der Waals surface area (Å²) in [5, 5.41) is 0. The molecule has 0 nitrogen and oxygen atoms in total. The van der Waals surface area contributed by atoms with E-state index in [9.17, 15) is 0 Å². The first-order valence-corrected chi connectivity index (χ1v) is 26.4. The van der Waals surface area contributed by atoms with Gasteiger partial charge in [0.25, 0.3) is 0 Å². The van der Waals surface area contributed by atoms with E-state index in [2.05, 4.69) is 201 Å². The van der Waals surface area contributed by atoms with Crippen molar-refractivity contribution in [3.05, 3.63) is 182 Å². The molecule has 0 saturated heterocycles. The van der Waals surface area contributed by atoms with E-state index in [1.807, 2.05) is 0 Å². The van der Waals surface area contributed by atoms with E-state index < -0.39 is 18.3 Å². The zero-order chi connectivity index (χ0) is 38.1. The van der Waals surface area contributed by atoms with Crippen molar-refractivity contribution in [2.75, 3.05) is 0 Å². The normalized spacial score (nSPS) is 14.2. The molecule has 0 radical (unpaired) electrons. The van der Waals surface area contributed by atoms with Crippen LogP contribution < -0.4 is 9.81 Å². The second kappa shape index (κ2) is 13.1. The molecule has 54 heavy (non-hydrogen) atoms. The molecule has 0 unspecified atom stereocenters. The summed E-state index contributed by atoms with van der Waals surface area (Å²) in [5.41, 5.74) is 16.1. The van der Waals surface area contributed by atoms with Crippen LogP contribution in [0.5, 0.6) is 0 Å². The van der Waals surface area contributed by atoms with Gasteiger partial charge in [-0.15, -0.1) is 0 Å². The standard InChI is InChI=1S/C33H33.2C7H7.C5H5.CH2.Zr/c1-32(2,3)30-20-26-24(18-28(30)22-13-9-7-10-14-22)17-25-19-29(23-15-11-8-12-16-23)31(21-27(25)26)33(4,5)6;2*1-7-5-3-2-4-6-7;1-2-4-5-3-1;;/h7-16,18,20-21H,17H2,1-6H3;2*3-6H,1H3;1-3H,4H2;1H2;. The molecule has 8 rings (SSSR count). The number of hydrogen-bond acceptors (Lipinski definition) is 0. The Balaban J connectivity index is 1.62. The van der Waals surface area contributed by atoms with Gasteiger partial charge in [0.1, 0.15) is 0 Å². The number of rotatable bonds is 6. The van der Waals surface area contributed by atoms with Gasteiger partial charge in [0.2, 0.25) is 0 Å². The van der Waals surface area contributed by atoms with Gasteiger partial charge in [0.15, 0.2) is 0 Å². The summed E-state index contributed by atoms with van der Waals surface area (Å²) < 4.78 is 11.8. The fraction of sp³-hybridized carbons (Fsp3) is 0.226. The fourth-order valence-corrected chi connectivity index (χ4v) is 25.7. The van der Waals surface area contributed by atoms with Gasteiger partial charge >= 0.3 is 327 Å². The molecule has 2 aliphatic carbocycles. The minimum atomic E-state index is -5.13. The molecule has 1 heteroatoms. The van der Waals surface area contributed by atoms with Crippen molar-refractivity contribution < 1.29 is 18.3 Å². The predicted molar refractivity (Wildman–Crippen MR) is 233 cm³/mol. The Morgan fingerprint density at radius 1 is 0.556 bits per heavy atom. The van der Waals surface area contributed by atoms with Crippen molar-refractivity contribution >= 4 is 14.0 Å². The summed E-state index contributed by atoms with van der Waals surface area (Å²) in [4.78, 5) is 0. The van der Waals surface area contributed by atoms with Gasteiger partial charge in [-0.2, -0.15) is 0 Å². The Morgan fingerprint density at radius 3 is 1.57 bits per heavy atom. The third-order valence-corrected chi connectivity index (χ3v) is 28.9. The quantitative estimate of drug-likeness (QED) is 0.158. The SMILES string of the molecule is [CH2]=[Zr]([C]1=CC=CC1)([c]1ccc(C)cc1)([c]1ccc(C)cc1)[c]1c2c(cc(C(C)(C)C)c1-c1ccccc1)-c1cc(C(C)(C)C)c(-c3ccccc3)cc1C2.